The van der Waals surface area contributed by atoms with Crippen molar-refractivity contribution in [3.05, 3.63) is 94.7 Å². The van der Waals surface area contributed by atoms with E-state index in [-0.39, 0.29) is 11.8 Å². The standard InChI is InChI=1S/C30H27FN4O/c31-22-13-14-35(18-22)17-20-7-5-19(6-8-20)9-12-26-23-11-10-21(15-28(23)34-33-26)25-16-30(25)24-3-1-2-4-27(24)32-29(30)36/h1-12,15,22,25H,13-14,16-18H2,(H,32,36)(H,33,34)/b12-9+. The van der Waals surface area contributed by atoms with E-state index in [1.807, 2.05) is 24.3 Å². The van der Waals surface area contributed by atoms with E-state index >= 15 is 0 Å². The molecule has 5 nitrogen and oxygen atoms in total. The van der Waals surface area contributed by atoms with Gasteiger partial charge in [0.15, 0.2) is 0 Å². The molecule has 3 atom stereocenters. The molecular formula is C30H27FN4O. The Morgan fingerprint density at radius 2 is 1.94 bits per heavy atom. The minimum absolute atomic E-state index is 0.111. The maximum atomic E-state index is 13.4. The summed E-state index contributed by atoms with van der Waals surface area (Å²) in [6, 6.07) is 22.8. The largest absolute Gasteiger partial charge is 0.325 e. The number of rotatable bonds is 5. The third kappa shape index (κ3) is 3.47. The highest BCUT2D eigenvalue weighted by Gasteiger charge is 2.65. The van der Waals surface area contributed by atoms with Crippen molar-refractivity contribution in [3.63, 3.8) is 0 Å². The van der Waals surface area contributed by atoms with Gasteiger partial charge in [-0.3, -0.25) is 14.8 Å². The lowest BCUT2D eigenvalue weighted by Gasteiger charge is -2.14. The van der Waals surface area contributed by atoms with Gasteiger partial charge in [-0.1, -0.05) is 60.7 Å². The first-order valence-corrected chi connectivity index (χ1v) is 12.6. The van der Waals surface area contributed by atoms with Crippen LogP contribution in [-0.2, 0) is 16.8 Å². The van der Waals surface area contributed by atoms with E-state index in [2.05, 4.69) is 75.0 Å². The minimum Gasteiger partial charge on any atom is -0.325 e. The zero-order valence-corrected chi connectivity index (χ0v) is 19.9. The van der Waals surface area contributed by atoms with Crippen LogP contribution in [0.3, 0.4) is 0 Å². The van der Waals surface area contributed by atoms with Crippen LogP contribution >= 0.6 is 0 Å². The van der Waals surface area contributed by atoms with Gasteiger partial charge < -0.3 is 5.32 Å². The van der Waals surface area contributed by atoms with Gasteiger partial charge in [-0.05, 0) is 53.3 Å². The molecule has 1 aliphatic carbocycles. The van der Waals surface area contributed by atoms with E-state index in [1.165, 1.54) is 11.1 Å². The van der Waals surface area contributed by atoms with Crippen LogP contribution in [0.2, 0.25) is 0 Å². The summed E-state index contributed by atoms with van der Waals surface area (Å²) in [4.78, 5) is 15.0. The molecule has 4 aromatic rings. The van der Waals surface area contributed by atoms with E-state index in [0.717, 1.165) is 52.9 Å². The number of para-hydroxylation sites is 1. The van der Waals surface area contributed by atoms with Crippen LogP contribution < -0.4 is 5.32 Å². The number of aromatic amines is 1. The van der Waals surface area contributed by atoms with Gasteiger partial charge in [-0.15, -0.1) is 0 Å². The van der Waals surface area contributed by atoms with Gasteiger partial charge in [0, 0.05) is 36.6 Å². The molecule has 2 fully saturated rings. The molecule has 3 heterocycles. The van der Waals surface area contributed by atoms with E-state index < -0.39 is 11.6 Å². The number of hydrogen-bond donors (Lipinski definition) is 2. The lowest BCUT2D eigenvalue weighted by Crippen LogP contribution is -2.20. The number of aromatic nitrogens is 2. The summed E-state index contributed by atoms with van der Waals surface area (Å²) < 4.78 is 13.4. The first-order valence-electron chi connectivity index (χ1n) is 12.6. The van der Waals surface area contributed by atoms with Crippen LogP contribution in [0.25, 0.3) is 23.1 Å². The molecule has 1 amide bonds. The molecule has 6 heteroatoms. The minimum atomic E-state index is -0.684. The predicted octanol–water partition coefficient (Wildman–Crippen LogP) is 5.65. The predicted molar refractivity (Wildman–Crippen MR) is 140 cm³/mol. The van der Waals surface area contributed by atoms with Crippen LogP contribution in [0.4, 0.5) is 10.1 Å². The Morgan fingerprint density at radius 1 is 1.08 bits per heavy atom. The normalized spacial score (nSPS) is 25.2. The molecule has 0 radical (unpaired) electrons. The second-order valence-electron chi connectivity index (χ2n) is 10.3. The summed E-state index contributed by atoms with van der Waals surface area (Å²) in [6.45, 7) is 2.17. The van der Waals surface area contributed by atoms with Crippen molar-refractivity contribution < 1.29 is 9.18 Å². The molecule has 1 saturated carbocycles. The van der Waals surface area contributed by atoms with E-state index in [4.69, 9.17) is 0 Å². The molecular weight excluding hydrogens is 451 g/mol. The van der Waals surface area contributed by atoms with Crippen molar-refractivity contribution in [1.82, 2.24) is 15.1 Å². The Labute approximate surface area is 209 Å². The lowest BCUT2D eigenvalue weighted by atomic mass is 9.92. The van der Waals surface area contributed by atoms with Crippen molar-refractivity contribution in [2.45, 2.75) is 36.9 Å². The fourth-order valence-corrected chi connectivity index (χ4v) is 6.05. The van der Waals surface area contributed by atoms with Crippen LogP contribution in [0, 0.1) is 0 Å². The summed E-state index contributed by atoms with van der Waals surface area (Å²) >= 11 is 0. The van der Waals surface area contributed by atoms with E-state index in [9.17, 15) is 9.18 Å². The molecule has 2 aliphatic heterocycles. The molecule has 1 aromatic heterocycles. The van der Waals surface area contributed by atoms with Crippen LogP contribution in [0.1, 0.15) is 46.7 Å². The number of H-pyrrole nitrogens is 1. The van der Waals surface area contributed by atoms with Gasteiger partial charge in [0.25, 0.3) is 0 Å². The van der Waals surface area contributed by atoms with Gasteiger partial charge in [0.05, 0.1) is 16.6 Å². The molecule has 3 aliphatic rings. The number of likely N-dealkylation sites (tertiary alicyclic amines) is 1. The summed E-state index contributed by atoms with van der Waals surface area (Å²) in [6.07, 6.45) is 4.89. The van der Waals surface area contributed by atoms with Gasteiger partial charge >= 0.3 is 0 Å². The average Bonchev–Trinajstić information content (AvgIpc) is 3.14. The monoisotopic (exact) mass is 478 g/mol. The summed E-state index contributed by atoms with van der Waals surface area (Å²) in [5.41, 5.74) is 6.97. The molecule has 7 rings (SSSR count). The number of amides is 1. The summed E-state index contributed by atoms with van der Waals surface area (Å²) in [7, 11) is 0. The second-order valence-corrected chi connectivity index (χ2v) is 10.3. The number of halogens is 1. The quantitative estimate of drug-likeness (QED) is 0.389. The van der Waals surface area contributed by atoms with Crippen molar-refractivity contribution in [2.24, 2.45) is 0 Å². The van der Waals surface area contributed by atoms with Crippen molar-refractivity contribution in [1.29, 1.82) is 0 Å². The Morgan fingerprint density at radius 3 is 2.78 bits per heavy atom. The van der Waals surface area contributed by atoms with Gasteiger partial charge in [-0.25, -0.2) is 4.39 Å². The Hall–Kier alpha value is -3.77. The van der Waals surface area contributed by atoms with Gasteiger partial charge in [0.2, 0.25) is 5.91 Å². The maximum Gasteiger partial charge on any atom is 0.235 e. The maximum absolute atomic E-state index is 13.4. The molecule has 3 unspecified atom stereocenters. The highest BCUT2D eigenvalue weighted by atomic mass is 19.1. The fraction of sp³-hybridized carbons (Fsp3) is 0.267. The smallest absolute Gasteiger partial charge is 0.235 e. The van der Waals surface area contributed by atoms with Crippen molar-refractivity contribution in [3.8, 4) is 0 Å². The van der Waals surface area contributed by atoms with Crippen LogP contribution in [0.5, 0.6) is 0 Å². The van der Waals surface area contributed by atoms with Crippen LogP contribution in [0.15, 0.2) is 66.7 Å². The first-order chi connectivity index (χ1) is 17.6. The lowest BCUT2D eigenvalue weighted by molar-refractivity contribution is -0.118. The number of carbonyl (C=O) groups is 1. The SMILES string of the molecule is O=C1Nc2ccccc2C12CC2c1ccc2c(/C=C/c3ccc(CN4CCC(F)C4)cc3)n[nH]c2c1. The number of carbonyl (C=O) groups excluding carboxylic acids is 1. The summed E-state index contributed by atoms with van der Waals surface area (Å²) in [5, 5.41) is 11.8. The highest BCUT2D eigenvalue weighted by Crippen LogP contribution is 2.64. The Balaban J connectivity index is 1.08. The third-order valence-corrected chi connectivity index (χ3v) is 8.08. The number of alkyl halides is 1. The number of nitrogens with one attached hydrogen (secondary N) is 2. The Bertz CT molecular complexity index is 1510. The molecule has 1 saturated heterocycles. The average molecular weight is 479 g/mol. The van der Waals surface area contributed by atoms with Gasteiger partial charge in [-0.2, -0.15) is 5.10 Å². The second kappa shape index (κ2) is 8.14. The number of fused-ring (bicyclic) bond motifs is 3. The Kier molecular flexibility index (Phi) is 4.86. The fourth-order valence-electron chi connectivity index (χ4n) is 6.05. The number of benzene rings is 3. The zero-order valence-electron chi connectivity index (χ0n) is 19.9. The van der Waals surface area contributed by atoms with Gasteiger partial charge in [0.1, 0.15) is 6.17 Å². The number of nitrogens with zero attached hydrogens (tertiary/aromatic N) is 2. The number of anilines is 1. The first kappa shape index (κ1) is 21.5. The molecule has 3 aromatic carbocycles. The highest BCUT2D eigenvalue weighted by molar-refractivity contribution is 6.09. The van der Waals surface area contributed by atoms with E-state index in [1.54, 1.807) is 0 Å². The molecule has 0 bridgehead atoms. The molecule has 1 spiro atoms. The van der Waals surface area contributed by atoms with Crippen molar-refractivity contribution >= 4 is 34.6 Å². The molecule has 2 N–H and O–H groups in total. The van der Waals surface area contributed by atoms with E-state index in [0.29, 0.717) is 13.0 Å². The van der Waals surface area contributed by atoms with Crippen LogP contribution in [-0.4, -0.2) is 40.3 Å². The topological polar surface area (TPSA) is 61.0 Å². The molecule has 180 valence electrons. The molecule has 36 heavy (non-hydrogen) atoms. The zero-order chi connectivity index (χ0) is 24.3. The van der Waals surface area contributed by atoms with Crippen molar-refractivity contribution in [2.75, 3.05) is 18.4 Å². The number of hydrogen-bond acceptors (Lipinski definition) is 3. The summed E-state index contributed by atoms with van der Waals surface area (Å²) in [5.74, 6) is 0.294. The third-order valence-electron chi connectivity index (χ3n) is 8.08.